The van der Waals surface area contributed by atoms with Crippen LogP contribution in [0.15, 0.2) is 39.1 Å². The monoisotopic (exact) mass is 544 g/mol. The molecule has 1 aromatic carbocycles. The minimum atomic E-state index is -0.603. The van der Waals surface area contributed by atoms with Crippen molar-refractivity contribution in [1.82, 2.24) is 4.90 Å². The number of nitrogens with two attached hydrogens (primary N) is 1. The fraction of sp³-hybridized carbons (Fsp3) is 0.519. The van der Waals surface area contributed by atoms with E-state index in [1.165, 1.54) is 7.11 Å². The molecular weight excluding hydrogens is 512 g/mol. The molecule has 0 spiro atoms. The number of allylic oxidation sites excluding steroid dienone is 4. The number of benzene rings is 1. The van der Waals surface area contributed by atoms with Gasteiger partial charge in [-0.2, -0.15) is 0 Å². The van der Waals surface area contributed by atoms with Crippen molar-refractivity contribution in [3.05, 3.63) is 44.7 Å². The van der Waals surface area contributed by atoms with Crippen LogP contribution in [-0.4, -0.2) is 43.1 Å². The third kappa shape index (κ3) is 4.65. The molecule has 0 aromatic heterocycles. The first-order chi connectivity index (χ1) is 16.2. The number of ketones is 2. The zero-order valence-corrected chi connectivity index (χ0v) is 22.8. The van der Waals surface area contributed by atoms with Crippen molar-refractivity contribution in [1.29, 1.82) is 0 Å². The quantitative estimate of drug-likeness (QED) is 0.579. The lowest BCUT2D eigenvalue weighted by atomic mass is 9.64. The number of carbonyl (C=O) groups is 3. The molecule has 0 atom stereocenters. The van der Waals surface area contributed by atoms with Crippen LogP contribution >= 0.6 is 15.9 Å². The number of methoxy groups -OCH3 is 1. The number of rotatable bonds is 5. The molecule has 1 heterocycles. The molecule has 4 rings (SSSR count). The van der Waals surface area contributed by atoms with Gasteiger partial charge in [0, 0.05) is 48.3 Å². The summed E-state index contributed by atoms with van der Waals surface area (Å²) in [6.07, 6.45) is 2.36. The van der Waals surface area contributed by atoms with Gasteiger partial charge in [0.15, 0.2) is 29.7 Å². The summed E-state index contributed by atoms with van der Waals surface area (Å²) in [5.41, 5.74) is 9.07. The van der Waals surface area contributed by atoms with Crippen LogP contribution in [0, 0.1) is 10.8 Å². The maximum Gasteiger partial charge on any atom is 0.255 e. The summed E-state index contributed by atoms with van der Waals surface area (Å²) in [5.74, 6) is -0.208. The van der Waals surface area contributed by atoms with Gasteiger partial charge in [-0.15, -0.1) is 0 Å². The Bertz CT molecular complexity index is 1140. The van der Waals surface area contributed by atoms with Gasteiger partial charge in [0.25, 0.3) is 5.91 Å². The average molecular weight is 545 g/mol. The lowest BCUT2D eigenvalue weighted by Crippen LogP contribution is -2.43. The van der Waals surface area contributed by atoms with Crippen LogP contribution < -0.4 is 15.2 Å². The van der Waals surface area contributed by atoms with E-state index < -0.39 is 11.8 Å². The van der Waals surface area contributed by atoms with Gasteiger partial charge in [-0.25, -0.2) is 0 Å². The number of hydrogen-bond donors (Lipinski definition) is 1. The zero-order valence-electron chi connectivity index (χ0n) is 21.2. The van der Waals surface area contributed by atoms with Crippen molar-refractivity contribution >= 4 is 33.4 Å². The molecule has 0 unspecified atom stereocenters. The van der Waals surface area contributed by atoms with E-state index in [2.05, 4.69) is 48.5 Å². The van der Waals surface area contributed by atoms with Crippen molar-refractivity contribution in [3.63, 3.8) is 0 Å². The molecule has 0 fully saturated rings. The lowest BCUT2D eigenvalue weighted by molar-refractivity contribution is -0.121. The maximum atomic E-state index is 13.6. The molecule has 0 radical (unpaired) electrons. The van der Waals surface area contributed by atoms with Crippen LogP contribution in [0.3, 0.4) is 0 Å². The molecule has 0 bridgehead atoms. The van der Waals surface area contributed by atoms with E-state index in [0.29, 0.717) is 40.0 Å². The molecular formula is C27H33BrN2O5. The summed E-state index contributed by atoms with van der Waals surface area (Å²) >= 11 is 3.54. The molecule has 1 aliphatic heterocycles. The van der Waals surface area contributed by atoms with Gasteiger partial charge in [-0.3, -0.25) is 14.4 Å². The SMILES string of the molecule is COc1cc(C2C3=C(CC(C)(C)CC3=O)N(C)C3=C2C(=O)CC(C)(C)C3)cc(Br)c1OCC(N)=O. The molecule has 188 valence electrons. The zero-order chi connectivity index (χ0) is 25.9. The second kappa shape index (κ2) is 8.80. The lowest BCUT2D eigenvalue weighted by Gasteiger charge is -2.48. The van der Waals surface area contributed by atoms with Gasteiger partial charge < -0.3 is 20.1 Å². The Labute approximate surface area is 214 Å². The number of halogens is 1. The minimum Gasteiger partial charge on any atom is -0.493 e. The van der Waals surface area contributed by atoms with E-state index in [1.807, 2.05) is 13.1 Å². The molecule has 0 saturated heterocycles. The van der Waals surface area contributed by atoms with Crippen molar-refractivity contribution in [2.45, 2.75) is 59.3 Å². The molecule has 35 heavy (non-hydrogen) atoms. The van der Waals surface area contributed by atoms with Crippen molar-refractivity contribution in [2.75, 3.05) is 20.8 Å². The van der Waals surface area contributed by atoms with Gasteiger partial charge in [-0.1, -0.05) is 27.7 Å². The number of ether oxygens (including phenoxy) is 2. The van der Waals surface area contributed by atoms with Crippen molar-refractivity contribution in [2.24, 2.45) is 16.6 Å². The largest absolute Gasteiger partial charge is 0.493 e. The van der Waals surface area contributed by atoms with Gasteiger partial charge in [0.1, 0.15) is 0 Å². The van der Waals surface area contributed by atoms with Crippen LogP contribution in [0.1, 0.15) is 64.9 Å². The number of nitrogens with zero attached hydrogens (tertiary/aromatic N) is 1. The van der Waals surface area contributed by atoms with Crippen molar-refractivity contribution in [3.8, 4) is 11.5 Å². The molecule has 1 amide bonds. The summed E-state index contributed by atoms with van der Waals surface area (Å²) < 4.78 is 11.7. The van der Waals surface area contributed by atoms with E-state index in [9.17, 15) is 14.4 Å². The van der Waals surface area contributed by atoms with E-state index >= 15 is 0 Å². The Morgan fingerprint density at radius 1 is 1.03 bits per heavy atom. The number of primary amides is 1. The highest BCUT2D eigenvalue weighted by Gasteiger charge is 2.48. The summed E-state index contributed by atoms with van der Waals surface area (Å²) in [6.45, 7) is 8.15. The Morgan fingerprint density at radius 3 is 2.00 bits per heavy atom. The fourth-order valence-corrected chi connectivity index (χ4v) is 6.26. The Morgan fingerprint density at radius 2 is 1.54 bits per heavy atom. The molecule has 3 aliphatic rings. The van der Waals surface area contributed by atoms with E-state index in [0.717, 1.165) is 29.8 Å². The number of amides is 1. The predicted octanol–water partition coefficient (Wildman–Crippen LogP) is 4.64. The van der Waals surface area contributed by atoms with Crippen LogP contribution in [0.2, 0.25) is 0 Å². The maximum absolute atomic E-state index is 13.6. The molecule has 7 nitrogen and oxygen atoms in total. The molecule has 0 saturated carbocycles. The molecule has 1 aromatic rings. The van der Waals surface area contributed by atoms with Crippen molar-refractivity contribution < 1.29 is 23.9 Å². The molecule has 8 heteroatoms. The number of hydrogen-bond acceptors (Lipinski definition) is 6. The summed E-state index contributed by atoms with van der Waals surface area (Å²) in [6, 6.07) is 3.65. The number of Topliss-reactive ketones (excluding diaryl/α,β-unsaturated/α-hetero) is 2. The first kappa shape index (κ1) is 25.5. The van der Waals surface area contributed by atoms with E-state index in [1.54, 1.807) is 6.07 Å². The standard InChI is InChI=1S/C27H33BrN2O5/c1-26(2)9-16-23(18(31)11-26)22(24-17(30(16)5)10-27(3,4)12-19(24)32)14-7-15(28)25(20(8-14)34-6)35-13-21(29)33/h7-8,22H,9-13H2,1-6H3,(H2,29,33). The first-order valence-corrected chi connectivity index (χ1v) is 12.6. The Balaban J connectivity index is 1.94. The first-order valence-electron chi connectivity index (χ1n) is 11.8. The fourth-order valence-electron chi connectivity index (χ4n) is 5.69. The highest BCUT2D eigenvalue weighted by molar-refractivity contribution is 9.10. The topological polar surface area (TPSA) is 98.9 Å². The second-order valence-electron chi connectivity index (χ2n) is 11.4. The third-order valence-corrected chi connectivity index (χ3v) is 7.71. The Hall–Kier alpha value is -2.61. The Kier molecular flexibility index (Phi) is 6.41. The van der Waals surface area contributed by atoms with E-state index in [-0.39, 0.29) is 29.0 Å². The van der Waals surface area contributed by atoms with Gasteiger partial charge in [-0.05, 0) is 57.3 Å². The predicted molar refractivity (Wildman–Crippen MR) is 136 cm³/mol. The highest BCUT2D eigenvalue weighted by atomic mass is 79.9. The van der Waals surface area contributed by atoms with Gasteiger partial charge in [0.2, 0.25) is 0 Å². The van der Waals surface area contributed by atoms with Crippen LogP contribution in [-0.2, 0) is 14.4 Å². The smallest absolute Gasteiger partial charge is 0.255 e. The summed E-state index contributed by atoms with van der Waals surface area (Å²) in [4.78, 5) is 40.6. The molecule has 2 aliphatic carbocycles. The average Bonchev–Trinajstić information content (AvgIpc) is 2.72. The van der Waals surface area contributed by atoms with Gasteiger partial charge in [0.05, 0.1) is 11.6 Å². The van der Waals surface area contributed by atoms with Crippen LogP contribution in [0.5, 0.6) is 11.5 Å². The highest BCUT2D eigenvalue weighted by Crippen LogP contribution is 2.55. The minimum absolute atomic E-state index is 0.0708. The number of carbonyl (C=O) groups excluding carboxylic acids is 3. The second-order valence-corrected chi connectivity index (χ2v) is 12.2. The van der Waals surface area contributed by atoms with Crippen LogP contribution in [0.25, 0.3) is 0 Å². The summed E-state index contributed by atoms with van der Waals surface area (Å²) in [5, 5.41) is 0. The third-order valence-electron chi connectivity index (χ3n) is 7.12. The van der Waals surface area contributed by atoms with Crippen LogP contribution in [0.4, 0.5) is 0 Å². The summed E-state index contributed by atoms with van der Waals surface area (Å²) in [7, 11) is 3.50. The van der Waals surface area contributed by atoms with Gasteiger partial charge >= 0.3 is 0 Å². The molecule has 2 N–H and O–H groups in total. The normalized spacial score (nSPS) is 21.6. The van der Waals surface area contributed by atoms with E-state index in [4.69, 9.17) is 15.2 Å².